The highest BCUT2D eigenvalue weighted by molar-refractivity contribution is 9.10. The number of phenolic OH excluding ortho intramolecular Hbond substituents is 1. The fourth-order valence-corrected chi connectivity index (χ4v) is 5.13. The molecule has 1 heterocycles. The number of hydrogen-bond acceptors (Lipinski definition) is 8. The number of nitro groups is 1. The first-order chi connectivity index (χ1) is 15.3. The monoisotopic (exact) mass is 519 g/mol. The SMILES string of the molecule is CCOC(=O)c1c(NC(=O)C(C#N)=Cc2cc(Br)c(O)c([N+](=O)[O-])c2)sc2c1CCCC2. The molecule has 166 valence electrons. The van der Waals surface area contributed by atoms with E-state index in [4.69, 9.17) is 4.74 Å². The number of fused-ring (bicyclic) bond motifs is 1. The summed E-state index contributed by atoms with van der Waals surface area (Å²) >= 11 is 4.31. The lowest BCUT2D eigenvalue weighted by molar-refractivity contribution is -0.386. The van der Waals surface area contributed by atoms with Gasteiger partial charge in [0.05, 0.1) is 21.6 Å². The minimum absolute atomic E-state index is 0.0474. The van der Waals surface area contributed by atoms with Crippen molar-refractivity contribution in [2.75, 3.05) is 11.9 Å². The van der Waals surface area contributed by atoms with Crippen molar-refractivity contribution < 1.29 is 24.4 Å². The smallest absolute Gasteiger partial charge is 0.341 e. The molecular weight excluding hydrogens is 502 g/mol. The normalized spacial score (nSPS) is 13.1. The molecule has 2 aromatic rings. The Morgan fingerprint density at radius 3 is 2.78 bits per heavy atom. The van der Waals surface area contributed by atoms with Gasteiger partial charge in [0.1, 0.15) is 16.6 Å². The average Bonchev–Trinajstić information content (AvgIpc) is 3.11. The quantitative estimate of drug-likeness (QED) is 0.184. The molecule has 0 aliphatic heterocycles. The number of ether oxygens (including phenoxy) is 1. The van der Waals surface area contributed by atoms with Gasteiger partial charge in [0.15, 0.2) is 0 Å². The number of rotatable bonds is 6. The molecule has 1 aliphatic rings. The van der Waals surface area contributed by atoms with Crippen LogP contribution in [0.5, 0.6) is 5.75 Å². The van der Waals surface area contributed by atoms with E-state index < -0.39 is 28.2 Å². The van der Waals surface area contributed by atoms with Gasteiger partial charge in [-0.15, -0.1) is 11.3 Å². The van der Waals surface area contributed by atoms with E-state index in [0.717, 1.165) is 35.8 Å². The number of hydrogen-bond donors (Lipinski definition) is 2. The summed E-state index contributed by atoms with van der Waals surface area (Å²) in [4.78, 5) is 36.7. The number of esters is 1. The van der Waals surface area contributed by atoms with Crippen molar-refractivity contribution in [2.24, 2.45) is 0 Å². The Morgan fingerprint density at radius 2 is 2.12 bits per heavy atom. The number of anilines is 1. The van der Waals surface area contributed by atoms with Crippen LogP contribution in [0.1, 0.15) is 46.1 Å². The molecule has 0 spiro atoms. The number of nitriles is 1. The number of aryl methyl sites for hydroxylation is 1. The summed E-state index contributed by atoms with van der Waals surface area (Å²) < 4.78 is 5.21. The highest BCUT2D eigenvalue weighted by Gasteiger charge is 2.28. The fourth-order valence-electron chi connectivity index (χ4n) is 3.39. The van der Waals surface area contributed by atoms with Crippen molar-refractivity contribution in [2.45, 2.75) is 32.6 Å². The minimum Gasteiger partial charge on any atom is -0.501 e. The van der Waals surface area contributed by atoms with Crippen molar-refractivity contribution in [1.82, 2.24) is 0 Å². The molecule has 1 aromatic heterocycles. The number of amides is 1. The summed E-state index contributed by atoms with van der Waals surface area (Å²) in [6, 6.07) is 4.18. The van der Waals surface area contributed by atoms with E-state index >= 15 is 0 Å². The van der Waals surface area contributed by atoms with Crippen LogP contribution in [-0.2, 0) is 22.4 Å². The largest absolute Gasteiger partial charge is 0.501 e. The topological polar surface area (TPSA) is 143 Å². The van der Waals surface area contributed by atoms with Gasteiger partial charge in [0.2, 0.25) is 5.75 Å². The van der Waals surface area contributed by atoms with E-state index in [9.17, 15) is 30.1 Å². The summed E-state index contributed by atoms with van der Waals surface area (Å²) in [5.74, 6) is -1.84. The number of carbonyl (C=O) groups excluding carboxylic acids is 2. The van der Waals surface area contributed by atoms with Gasteiger partial charge in [-0.2, -0.15) is 5.26 Å². The van der Waals surface area contributed by atoms with Crippen molar-refractivity contribution in [3.05, 3.63) is 53.9 Å². The lowest BCUT2D eigenvalue weighted by Gasteiger charge is -2.12. The molecule has 1 amide bonds. The van der Waals surface area contributed by atoms with E-state index in [1.165, 1.54) is 23.5 Å². The van der Waals surface area contributed by atoms with Crippen LogP contribution in [0.2, 0.25) is 0 Å². The number of nitrogens with zero attached hydrogens (tertiary/aromatic N) is 2. The predicted octanol–water partition coefficient (Wildman–Crippen LogP) is 4.73. The third kappa shape index (κ3) is 4.81. The third-order valence-corrected chi connectivity index (χ3v) is 6.63. The Balaban J connectivity index is 1.96. The van der Waals surface area contributed by atoms with Gasteiger partial charge in [0.25, 0.3) is 5.91 Å². The predicted molar refractivity (Wildman–Crippen MR) is 122 cm³/mol. The number of halogens is 1. The molecule has 9 nitrogen and oxygen atoms in total. The molecule has 0 fully saturated rings. The van der Waals surface area contributed by atoms with E-state index in [1.807, 2.05) is 0 Å². The maximum Gasteiger partial charge on any atom is 0.341 e. The molecule has 11 heteroatoms. The zero-order chi connectivity index (χ0) is 23.4. The first kappa shape index (κ1) is 23.4. The van der Waals surface area contributed by atoms with Crippen LogP contribution >= 0.6 is 27.3 Å². The molecule has 0 bridgehead atoms. The van der Waals surface area contributed by atoms with Crippen LogP contribution in [0.4, 0.5) is 10.7 Å². The second-order valence-electron chi connectivity index (χ2n) is 6.89. The molecule has 0 unspecified atom stereocenters. The molecule has 0 radical (unpaired) electrons. The number of nitro benzene ring substituents is 1. The molecule has 1 aliphatic carbocycles. The molecule has 1 aromatic carbocycles. The average molecular weight is 520 g/mol. The fraction of sp³-hybridized carbons (Fsp3) is 0.286. The summed E-state index contributed by atoms with van der Waals surface area (Å²) in [5, 5.41) is 33.4. The Bertz CT molecular complexity index is 1180. The van der Waals surface area contributed by atoms with Crippen LogP contribution in [-0.4, -0.2) is 28.5 Å². The molecule has 0 saturated carbocycles. The van der Waals surface area contributed by atoms with Crippen LogP contribution in [0.3, 0.4) is 0 Å². The van der Waals surface area contributed by atoms with Crippen molar-refractivity contribution >= 4 is 55.9 Å². The van der Waals surface area contributed by atoms with Crippen LogP contribution in [0, 0.1) is 21.4 Å². The second kappa shape index (κ2) is 9.93. The standard InChI is InChI=1S/C21H18BrN3O6S/c1-2-31-21(28)17-13-5-3-4-6-16(13)32-20(17)24-19(27)12(10-23)7-11-8-14(22)18(26)15(9-11)25(29)30/h7-9,26H,2-6H2,1H3,(H,24,27). The van der Waals surface area contributed by atoms with Gasteiger partial charge >= 0.3 is 11.7 Å². The summed E-state index contributed by atoms with van der Waals surface area (Å²) in [5.41, 5.74) is 0.469. The van der Waals surface area contributed by atoms with Crippen molar-refractivity contribution in [1.29, 1.82) is 5.26 Å². The van der Waals surface area contributed by atoms with E-state index in [0.29, 0.717) is 17.0 Å². The van der Waals surface area contributed by atoms with Gasteiger partial charge in [-0.3, -0.25) is 14.9 Å². The number of nitrogens with one attached hydrogen (secondary N) is 1. The van der Waals surface area contributed by atoms with E-state index in [1.54, 1.807) is 13.0 Å². The van der Waals surface area contributed by atoms with Gasteiger partial charge in [-0.25, -0.2) is 4.79 Å². The molecule has 0 saturated heterocycles. The maximum absolute atomic E-state index is 12.8. The number of carbonyl (C=O) groups is 2. The van der Waals surface area contributed by atoms with Crippen molar-refractivity contribution in [3.8, 4) is 11.8 Å². The van der Waals surface area contributed by atoms with E-state index in [2.05, 4.69) is 21.2 Å². The van der Waals surface area contributed by atoms with Crippen LogP contribution in [0.25, 0.3) is 6.08 Å². The summed E-state index contributed by atoms with van der Waals surface area (Å²) in [6.07, 6.45) is 4.60. The zero-order valence-corrected chi connectivity index (χ0v) is 19.3. The number of benzene rings is 1. The highest BCUT2D eigenvalue weighted by atomic mass is 79.9. The first-order valence-electron chi connectivity index (χ1n) is 9.68. The van der Waals surface area contributed by atoms with Crippen LogP contribution < -0.4 is 5.32 Å². The minimum atomic E-state index is -0.772. The Kier molecular flexibility index (Phi) is 7.27. The second-order valence-corrected chi connectivity index (χ2v) is 8.85. The third-order valence-electron chi connectivity index (χ3n) is 4.82. The Labute approximate surface area is 195 Å². The van der Waals surface area contributed by atoms with Gasteiger partial charge in [-0.1, -0.05) is 0 Å². The Morgan fingerprint density at radius 1 is 1.41 bits per heavy atom. The van der Waals surface area contributed by atoms with Gasteiger partial charge in [0, 0.05) is 10.9 Å². The summed E-state index contributed by atoms with van der Waals surface area (Å²) in [6.45, 7) is 1.88. The number of phenols is 1. The maximum atomic E-state index is 12.8. The van der Waals surface area contributed by atoms with E-state index in [-0.39, 0.29) is 22.2 Å². The number of aromatic hydroxyl groups is 1. The van der Waals surface area contributed by atoms with Crippen LogP contribution in [0.15, 0.2) is 22.2 Å². The van der Waals surface area contributed by atoms with Gasteiger partial charge in [-0.05, 0) is 71.8 Å². The molecular formula is C21H18BrN3O6S. The lowest BCUT2D eigenvalue weighted by atomic mass is 9.95. The van der Waals surface area contributed by atoms with Crippen molar-refractivity contribution in [3.63, 3.8) is 0 Å². The lowest BCUT2D eigenvalue weighted by Crippen LogP contribution is -2.16. The Hall–Kier alpha value is -3.23. The van der Waals surface area contributed by atoms with Gasteiger partial charge < -0.3 is 15.2 Å². The number of thiophene rings is 1. The molecule has 2 N–H and O–H groups in total. The highest BCUT2D eigenvalue weighted by Crippen LogP contribution is 2.39. The molecule has 0 atom stereocenters. The zero-order valence-electron chi connectivity index (χ0n) is 16.9. The molecule has 32 heavy (non-hydrogen) atoms. The summed E-state index contributed by atoms with van der Waals surface area (Å²) in [7, 11) is 0. The molecule has 3 rings (SSSR count). The first-order valence-corrected chi connectivity index (χ1v) is 11.3.